The normalized spacial score (nSPS) is 17.4. The van der Waals surface area contributed by atoms with Crippen LogP contribution in [0.1, 0.15) is 18.5 Å². The van der Waals surface area contributed by atoms with Crippen LogP contribution in [0.25, 0.3) is 0 Å². The van der Waals surface area contributed by atoms with Crippen LogP contribution in [-0.2, 0) is 9.53 Å². The summed E-state index contributed by atoms with van der Waals surface area (Å²) < 4.78 is 6.55. The minimum absolute atomic E-state index is 0.371. The number of ether oxygens (including phenoxy) is 1. The van der Waals surface area contributed by atoms with E-state index in [4.69, 9.17) is 4.74 Å². The number of nitrogens with one attached hydrogen (secondary N) is 1. The molecule has 2 aromatic rings. The fraction of sp³-hybridized carbons (Fsp3) is 0.231. The van der Waals surface area contributed by atoms with Gasteiger partial charge in [0.15, 0.2) is 0 Å². The molecule has 3 heterocycles. The van der Waals surface area contributed by atoms with Gasteiger partial charge in [-0.2, -0.15) is 10.1 Å². The van der Waals surface area contributed by atoms with Gasteiger partial charge in [0, 0.05) is 18.1 Å². The molecule has 0 spiro atoms. The lowest BCUT2D eigenvalue weighted by Crippen LogP contribution is -2.29. The fourth-order valence-corrected chi connectivity index (χ4v) is 2.32. The van der Waals surface area contributed by atoms with E-state index in [9.17, 15) is 4.79 Å². The van der Waals surface area contributed by atoms with Crippen molar-refractivity contribution in [1.82, 2.24) is 19.7 Å². The van der Waals surface area contributed by atoms with Crippen LogP contribution in [0, 0.1) is 0 Å². The van der Waals surface area contributed by atoms with Gasteiger partial charge in [-0.3, -0.25) is 4.98 Å². The minimum Gasteiger partial charge on any atom is -0.466 e. The molecule has 0 saturated carbocycles. The van der Waals surface area contributed by atoms with Gasteiger partial charge in [0.25, 0.3) is 0 Å². The van der Waals surface area contributed by atoms with Crippen molar-refractivity contribution in [3.8, 4) is 0 Å². The molecule has 0 aromatic carbocycles. The van der Waals surface area contributed by atoms with Gasteiger partial charge in [0.2, 0.25) is 5.95 Å². The van der Waals surface area contributed by atoms with Crippen LogP contribution in [0.4, 0.5) is 5.95 Å². The van der Waals surface area contributed by atoms with E-state index < -0.39 is 5.97 Å². The van der Waals surface area contributed by atoms with E-state index >= 15 is 0 Å². The highest BCUT2D eigenvalue weighted by Crippen LogP contribution is 2.34. The number of nitrogens with zero attached hydrogens (tertiary/aromatic N) is 4. The molecule has 2 aromatic heterocycles. The van der Waals surface area contributed by atoms with E-state index in [1.165, 1.54) is 13.4 Å². The summed E-state index contributed by atoms with van der Waals surface area (Å²) in [4.78, 5) is 20.2. The monoisotopic (exact) mass is 271 g/mol. The summed E-state index contributed by atoms with van der Waals surface area (Å²) in [7, 11) is 1.36. The number of aromatic nitrogens is 4. The quantitative estimate of drug-likeness (QED) is 0.825. The third-order valence-electron chi connectivity index (χ3n) is 3.22. The van der Waals surface area contributed by atoms with Gasteiger partial charge in [-0.05, 0) is 24.6 Å². The number of fused-ring (bicyclic) bond motifs is 1. The Hall–Kier alpha value is -2.70. The van der Waals surface area contributed by atoms with Crippen molar-refractivity contribution in [3.63, 3.8) is 0 Å². The molecular weight excluding hydrogens is 258 g/mol. The average molecular weight is 271 g/mol. The van der Waals surface area contributed by atoms with Gasteiger partial charge in [0.05, 0.1) is 12.7 Å². The van der Waals surface area contributed by atoms with Crippen LogP contribution in [-0.4, -0.2) is 32.8 Å². The van der Waals surface area contributed by atoms with E-state index in [1.54, 1.807) is 17.1 Å². The molecule has 3 rings (SSSR count). The van der Waals surface area contributed by atoms with E-state index in [2.05, 4.69) is 20.4 Å². The van der Waals surface area contributed by atoms with Crippen molar-refractivity contribution < 1.29 is 9.53 Å². The summed E-state index contributed by atoms with van der Waals surface area (Å²) in [6.45, 7) is 1.82. The number of hydrogen-bond acceptors (Lipinski definition) is 6. The van der Waals surface area contributed by atoms with Gasteiger partial charge in [0.1, 0.15) is 12.4 Å². The largest absolute Gasteiger partial charge is 0.466 e. The van der Waals surface area contributed by atoms with Crippen molar-refractivity contribution in [3.05, 3.63) is 47.7 Å². The molecule has 0 unspecified atom stereocenters. The first-order chi connectivity index (χ1) is 9.72. The molecule has 0 radical (unpaired) electrons. The molecule has 1 aliphatic heterocycles. The topological polar surface area (TPSA) is 81.9 Å². The maximum Gasteiger partial charge on any atom is 0.338 e. The number of methoxy groups -OCH3 is 1. The highest BCUT2D eigenvalue weighted by molar-refractivity contribution is 5.92. The van der Waals surface area contributed by atoms with E-state index in [1.807, 2.05) is 19.1 Å². The van der Waals surface area contributed by atoms with Crippen LogP contribution < -0.4 is 5.32 Å². The molecule has 1 N–H and O–H groups in total. The van der Waals surface area contributed by atoms with Crippen molar-refractivity contribution in [2.24, 2.45) is 0 Å². The highest BCUT2D eigenvalue weighted by atomic mass is 16.5. The van der Waals surface area contributed by atoms with E-state index in [0.717, 1.165) is 5.56 Å². The number of pyridine rings is 1. The number of esters is 1. The Morgan fingerprint density at radius 1 is 1.40 bits per heavy atom. The van der Waals surface area contributed by atoms with Gasteiger partial charge < -0.3 is 10.1 Å². The number of carbonyl (C=O) groups excluding carboxylic acids is 1. The molecule has 0 aliphatic carbocycles. The van der Waals surface area contributed by atoms with Crippen molar-refractivity contribution in [2.45, 2.75) is 13.0 Å². The Morgan fingerprint density at radius 3 is 2.85 bits per heavy atom. The number of carbonyl (C=O) groups is 1. The van der Waals surface area contributed by atoms with Gasteiger partial charge in [-0.1, -0.05) is 0 Å². The zero-order valence-electron chi connectivity index (χ0n) is 11.1. The summed E-state index contributed by atoms with van der Waals surface area (Å²) in [6, 6.07) is 3.32. The number of anilines is 1. The summed E-state index contributed by atoms with van der Waals surface area (Å²) in [6.07, 6.45) is 4.81. The maximum absolute atomic E-state index is 12.1. The predicted molar refractivity (Wildman–Crippen MR) is 70.7 cm³/mol. The van der Waals surface area contributed by atoms with Crippen molar-refractivity contribution in [2.75, 3.05) is 12.4 Å². The molecule has 0 amide bonds. The van der Waals surface area contributed by atoms with Crippen LogP contribution in [0.5, 0.6) is 0 Å². The molecule has 102 valence electrons. The molecule has 1 aliphatic rings. The summed E-state index contributed by atoms with van der Waals surface area (Å²) in [5.74, 6) is 0.204. The lowest BCUT2D eigenvalue weighted by Gasteiger charge is -2.27. The molecule has 20 heavy (non-hydrogen) atoms. The zero-order valence-corrected chi connectivity index (χ0v) is 11.1. The third-order valence-corrected chi connectivity index (χ3v) is 3.22. The molecule has 0 saturated heterocycles. The lowest BCUT2D eigenvalue weighted by atomic mass is 9.97. The highest BCUT2D eigenvalue weighted by Gasteiger charge is 2.33. The lowest BCUT2D eigenvalue weighted by molar-refractivity contribution is -0.136. The molecule has 7 nitrogen and oxygen atoms in total. The molecule has 0 bridgehead atoms. The zero-order chi connectivity index (χ0) is 14.1. The van der Waals surface area contributed by atoms with Crippen molar-refractivity contribution >= 4 is 11.9 Å². The predicted octanol–water partition coefficient (Wildman–Crippen LogP) is 1.13. The van der Waals surface area contributed by atoms with E-state index in [-0.39, 0.29) is 6.04 Å². The first-order valence-electron chi connectivity index (χ1n) is 6.08. The maximum atomic E-state index is 12.1. The Labute approximate surface area is 115 Å². The van der Waals surface area contributed by atoms with Crippen LogP contribution in [0.15, 0.2) is 42.1 Å². The number of rotatable bonds is 2. The SMILES string of the molecule is COC(=O)C1=C(C)Nc2ncnn2[C@@H]1c1ccncc1. The Morgan fingerprint density at radius 2 is 2.15 bits per heavy atom. The second kappa shape index (κ2) is 4.76. The Bertz CT molecular complexity index is 677. The number of allylic oxidation sites excluding steroid dienone is 1. The molecule has 0 fully saturated rings. The molecular formula is C13H13N5O2. The number of hydrogen-bond donors (Lipinski definition) is 1. The summed E-state index contributed by atoms with van der Waals surface area (Å²) in [5.41, 5.74) is 2.11. The second-order valence-electron chi connectivity index (χ2n) is 4.37. The standard InChI is InChI=1S/C13H13N5O2/c1-8-10(12(19)20-2)11(9-3-5-14-6-4-9)18-13(17-8)15-7-16-18/h3-7,11H,1-2H3,(H,15,16,17)/t11-/m1/s1. The fourth-order valence-electron chi connectivity index (χ4n) is 2.32. The second-order valence-corrected chi connectivity index (χ2v) is 4.37. The smallest absolute Gasteiger partial charge is 0.338 e. The third kappa shape index (κ3) is 1.83. The first kappa shape index (κ1) is 12.3. The van der Waals surface area contributed by atoms with Gasteiger partial charge in [-0.25, -0.2) is 9.48 Å². The first-order valence-corrected chi connectivity index (χ1v) is 6.08. The average Bonchev–Trinajstić information content (AvgIpc) is 2.93. The summed E-state index contributed by atoms with van der Waals surface area (Å²) in [5, 5.41) is 7.25. The van der Waals surface area contributed by atoms with Crippen LogP contribution >= 0.6 is 0 Å². The minimum atomic E-state index is -0.391. The van der Waals surface area contributed by atoms with Crippen LogP contribution in [0.3, 0.4) is 0 Å². The Balaban J connectivity index is 2.19. The van der Waals surface area contributed by atoms with Gasteiger partial charge in [-0.15, -0.1) is 0 Å². The molecule has 7 heteroatoms. The summed E-state index contributed by atoms with van der Waals surface area (Å²) >= 11 is 0. The van der Waals surface area contributed by atoms with E-state index in [0.29, 0.717) is 17.2 Å². The van der Waals surface area contributed by atoms with Crippen molar-refractivity contribution in [1.29, 1.82) is 0 Å². The molecule has 1 atom stereocenters. The van der Waals surface area contributed by atoms with Gasteiger partial charge >= 0.3 is 5.97 Å². The Kier molecular flexibility index (Phi) is 2.94. The van der Waals surface area contributed by atoms with Crippen LogP contribution in [0.2, 0.25) is 0 Å².